The smallest absolute Gasteiger partial charge is 0.0855 e. The van der Waals surface area contributed by atoms with E-state index in [2.05, 4.69) is 37.9 Å². The molecular formula is C15H24N2O. The van der Waals surface area contributed by atoms with Gasteiger partial charge < -0.3 is 15.7 Å². The minimum atomic E-state index is -0.483. The van der Waals surface area contributed by atoms with Crippen LogP contribution in [0.15, 0.2) is 18.2 Å². The molecule has 2 unspecified atom stereocenters. The van der Waals surface area contributed by atoms with Crippen LogP contribution in [0.2, 0.25) is 0 Å². The van der Waals surface area contributed by atoms with Gasteiger partial charge in [-0.2, -0.15) is 0 Å². The molecule has 1 aromatic carbocycles. The molecular weight excluding hydrogens is 224 g/mol. The number of anilines is 1. The Labute approximate surface area is 110 Å². The van der Waals surface area contributed by atoms with E-state index in [1.54, 1.807) is 0 Å². The number of likely N-dealkylation sites (N-methyl/N-ethyl adjacent to an activating group) is 1. The summed E-state index contributed by atoms with van der Waals surface area (Å²) in [6.45, 7) is 5.70. The van der Waals surface area contributed by atoms with Gasteiger partial charge in [-0.05, 0) is 30.0 Å². The molecule has 0 saturated heterocycles. The third kappa shape index (κ3) is 2.13. The standard InChI is InChI=1S/C15H24N2O/c1-4-15(2,10-16)14(18)12-5-6-13-11(9-12)7-8-17(13)3/h5-6,9,14,18H,4,7-8,10,16H2,1-3H3. The molecule has 1 aliphatic rings. The third-order valence-corrected chi connectivity index (χ3v) is 4.48. The Kier molecular flexibility index (Phi) is 3.64. The maximum absolute atomic E-state index is 10.5. The molecule has 2 atom stereocenters. The number of aliphatic hydroxyl groups is 1. The Balaban J connectivity index is 2.30. The number of fused-ring (bicyclic) bond motifs is 1. The van der Waals surface area contributed by atoms with Crippen molar-refractivity contribution in [3.63, 3.8) is 0 Å². The SMILES string of the molecule is CCC(C)(CN)C(O)c1ccc2c(c1)CCN2C. The molecule has 0 spiro atoms. The summed E-state index contributed by atoms with van der Waals surface area (Å²) in [5, 5.41) is 10.5. The van der Waals surface area contributed by atoms with Crippen molar-refractivity contribution in [1.82, 2.24) is 0 Å². The van der Waals surface area contributed by atoms with E-state index in [-0.39, 0.29) is 5.41 Å². The van der Waals surface area contributed by atoms with Gasteiger partial charge in [0, 0.05) is 31.2 Å². The van der Waals surface area contributed by atoms with Crippen LogP contribution in [0.5, 0.6) is 0 Å². The zero-order valence-electron chi connectivity index (χ0n) is 11.6. The summed E-state index contributed by atoms with van der Waals surface area (Å²) in [5.74, 6) is 0. The Morgan fingerprint density at radius 1 is 1.50 bits per heavy atom. The molecule has 0 saturated carbocycles. The maximum Gasteiger partial charge on any atom is 0.0855 e. The second kappa shape index (κ2) is 4.90. The summed E-state index contributed by atoms with van der Waals surface area (Å²) < 4.78 is 0. The summed E-state index contributed by atoms with van der Waals surface area (Å²) in [6, 6.07) is 6.30. The fourth-order valence-corrected chi connectivity index (χ4v) is 2.61. The highest BCUT2D eigenvalue weighted by atomic mass is 16.3. The Bertz CT molecular complexity index is 427. The van der Waals surface area contributed by atoms with Gasteiger partial charge in [-0.1, -0.05) is 26.0 Å². The number of benzene rings is 1. The lowest BCUT2D eigenvalue weighted by Gasteiger charge is -2.32. The van der Waals surface area contributed by atoms with Crippen LogP contribution in [0.1, 0.15) is 37.5 Å². The predicted molar refractivity (Wildman–Crippen MR) is 75.8 cm³/mol. The zero-order valence-corrected chi connectivity index (χ0v) is 11.6. The van der Waals surface area contributed by atoms with Crippen molar-refractivity contribution in [3.8, 4) is 0 Å². The highest BCUT2D eigenvalue weighted by Gasteiger charge is 2.31. The first kappa shape index (κ1) is 13.4. The van der Waals surface area contributed by atoms with E-state index in [0.29, 0.717) is 6.54 Å². The lowest BCUT2D eigenvalue weighted by atomic mass is 9.78. The van der Waals surface area contributed by atoms with E-state index in [0.717, 1.165) is 24.9 Å². The molecule has 0 aliphatic carbocycles. The molecule has 18 heavy (non-hydrogen) atoms. The van der Waals surface area contributed by atoms with Crippen molar-refractivity contribution < 1.29 is 5.11 Å². The van der Waals surface area contributed by atoms with Crippen LogP contribution in [-0.4, -0.2) is 25.2 Å². The van der Waals surface area contributed by atoms with E-state index < -0.39 is 6.10 Å². The zero-order chi connectivity index (χ0) is 13.3. The summed E-state index contributed by atoms with van der Waals surface area (Å²) in [7, 11) is 2.11. The quantitative estimate of drug-likeness (QED) is 0.858. The number of nitrogens with two attached hydrogens (primary N) is 1. The highest BCUT2D eigenvalue weighted by molar-refractivity contribution is 5.58. The van der Waals surface area contributed by atoms with Crippen molar-refractivity contribution in [2.24, 2.45) is 11.1 Å². The van der Waals surface area contributed by atoms with E-state index in [1.807, 2.05) is 6.07 Å². The molecule has 1 heterocycles. The minimum Gasteiger partial charge on any atom is -0.388 e. The molecule has 2 rings (SSSR count). The van der Waals surface area contributed by atoms with Crippen LogP contribution in [0.25, 0.3) is 0 Å². The van der Waals surface area contributed by atoms with Gasteiger partial charge in [0.15, 0.2) is 0 Å². The van der Waals surface area contributed by atoms with Gasteiger partial charge in [0.25, 0.3) is 0 Å². The van der Waals surface area contributed by atoms with Gasteiger partial charge in [0.05, 0.1) is 6.10 Å². The van der Waals surface area contributed by atoms with Crippen LogP contribution >= 0.6 is 0 Å². The van der Waals surface area contributed by atoms with Crippen LogP contribution in [-0.2, 0) is 6.42 Å². The lowest BCUT2D eigenvalue weighted by molar-refractivity contribution is 0.0391. The number of nitrogens with zero attached hydrogens (tertiary/aromatic N) is 1. The summed E-state index contributed by atoms with van der Waals surface area (Å²) in [5.41, 5.74) is 9.21. The Hall–Kier alpha value is -1.06. The van der Waals surface area contributed by atoms with Crippen molar-refractivity contribution in [3.05, 3.63) is 29.3 Å². The van der Waals surface area contributed by atoms with Gasteiger partial charge in [-0.15, -0.1) is 0 Å². The Morgan fingerprint density at radius 2 is 2.22 bits per heavy atom. The van der Waals surface area contributed by atoms with E-state index in [4.69, 9.17) is 5.73 Å². The summed E-state index contributed by atoms with van der Waals surface area (Å²) >= 11 is 0. The van der Waals surface area contributed by atoms with Crippen molar-refractivity contribution >= 4 is 5.69 Å². The molecule has 0 aromatic heterocycles. The maximum atomic E-state index is 10.5. The molecule has 1 aliphatic heterocycles. The topological polar surface area (TPSA) is 49.5 Å². The fraction of sp³-hybridized carbons (Fsp3) is 0.600. The van der Waals surface area contributed by atoms with E-state index >= 15 is 0 Å². The molecule has 0 amide bonds. The normalized spacial score (nSPS) is 19.5. The molecule has 100 valence electrons. The van der Waals surface area contributed by atoms with Crippen LogP contribution in [0.3, 0.4) is 0 Å². The third-order valence-electron chi connectivity index (χ3n) is 4.48. The number of hydrogen-bond donors (Lipinski definition) is 2. The van der Waals surface area contributed by atoms with Gasteiger partial charge in [-0.25, -0.2) is 0 Å². The first-order valence-corrected chi connectivity index (χ1v) is 6.74. The molecule has 0 radical (unpaired) electrons. The first-order chi connectivity index (χ1) is 8.51. The summed E-state index contributed by atoms with van der Waals surface area (Å²) in [6.07, 6.45) is 1.46. The van der Waals surface area contributed by atoms with Gasteiger partial charge in [0.2, 0.25) is 0 Å². The van der Waals surface area contributed by atoms with Crippen LogP contribution < -0.4 is 10.6 Å². The molecule has 0 bridgehead atoms. The second-order valence-corrected chi connectivity index (χ2v) is 5.67. The lowest BCUT2D eigenvalue weighted by Crippen LogP contribution is -2.33. The van der Waals surface area contributed by atoms with E-state index in [1.165, 1.54) is 11.3 Å². The average Bonchev–Trinajstić information content (AvgIpc) is 2.78. The van der Waals surface area contributed by atoms with Crippen molar-refractivity contribution in [2.45, 2.75) is 32.8 Å². The number of rotatable bonds is 4. The number of hydrogen-bond acceptors (Lipinski definition) is 3. The van der Waals surface area contributed by atoms with E-state index in [9.17, 15) is 5.11 Å². The van der Waals surface area contributed by atoms with Crippen molar-refractivity contribution in [2.75, 3.05) is 25.0 Å². The second-order valence-electron chi connectivity index (χ2n) is 5.67. The van der Waals surface area contributed by atoms with Crippen LogP contribution in [0, 0.1) is 5.41 Å². The summed E-state index contributed by atoms with van der Waals surface area (Å²) in [4.78, 5) is 2.26. The monoisotopic (exact) mass is 248 g/mol. The Morgan fingerprint density at radius 3 is 2.83 bits per heavy atom. The molecule has 1 aromatic rings. The minimum absolute atomic E-state index is 0.237. The van der Waals surface area contributed by atoms with Gasteiger partial charge >= 0.3 is 0 Å². The highest BCUT2D eigenvalue weighted by Crippen LogP contribution is 2.38. The van der Waals surface area contributed by atoms with Crippen molar-refractivity contribution in [1.29, 1.82) is 0 Å². The predicted octanol–water partition coefficient (Wildman–Crippen LogP) is 2.09. The van der Waals surface area contributed by atoms with Gasteiger partial charge in [-0.3, -0.25) is 0 Å². The molecule has 3 nitrogen and oxygen atoms in total. The molecule has 0 fully saturated rings. The largest absolute Gasteiger partial charge is 0.388 e. The average molecular weight is 248 g/mol. The van der Waals surface area contributed by atoms with Crippen LogP contribution in [0.4, 0.5) is 5.69 Å². The molecule has 3 N–H and O–H groups in total. The number of aliphatic hydroxyl groups excluding tert-OH is 1. The molecule has 3 heteroatoms. The van der Waals surface area contributed by atoms with Gasteiger partial charge in [0.1, 0.15) is 0 Å². The fourth-order valence-electron chi connectivity index (χ4n) is 2.61. The first-order valence-electron chi connectivity index (χ1n) is 6.74.